The first-order valence-corrected chi connectivity index (χ1v) is 7.43. The van der Waals surface area contributed by atoms with Gasteiger partial charge in [-0.3, -0.25) is 0 Å². The zero-order valence-corrected chi connectivity index (χ0v) is 12.4. The molecule has 2 nitrogen and oxygen atoms in total. The maximum Gasteiger partial charge on any atom is 0.0587 e. The highest BCUT2D eigenvalue weighted by Gasteiger charge is 2.51. The second kappa shape index (κ2) is 5.55. The lowest BCUT2D eigenvalue weighted by molar-refractivity contribution is 0.199. The van der Waals surface area contributed by atoms with E-state index >= 15 is 0 Å². The van der Waals surface area contributed by atoms with Crippen LogP contribution >= 0.6 is 0 Å². The number of hydrogen-bond donors (Lipinski definition) is 1. The first-order valence-electron chi connectivity index (χ1n) is 7.43. The largest absolute Gasteiger partial charge is 0.383 e. The van der Waals surface area contributed by atoms with Crippen LogP contribution in [0.25, 0.3) is 10.8 Å². The van der Waals surface area contributed by atoms with Gasteiger partial charge in [0, 0.05) is 13.7 Å². The molecule has 0 bridgehead atoms. The van der Waals surface area contributed by atoms with Crippen molar-refractivity contribution in [2.75, 3.05) is 26.8 Å². The van der Waals surface area contributed by atoms with E-state index in [2.05, 4.69) is 54.7 Å². The average molecular weight is 269 g/mol. The van der Waals surface area contributed by atoms with Crippen LogP contribution in [-0.4, -0.2) is 26.8 Å². The van der Waals surface area contributed by atoms with E-state index in [1.54, 1.807) is 7.11 Å². The van der Waals surface area contributed by atoms with Gasteiger partial charge in [0.25, 0.3) is 0 Å². The maximum absolute atomic E-state index is 5.08. The average Bonchev–Trinajstić information content (AvgIpc) is 3.15. The molecule has 0 spiro atoms. The van der Waals surface area contributed by atoms with Crippen LogP contribution in [0.3, 0.4) is 0 Å². The van der Waals surface area contributed by atoms with Gasteiger partial charge in [-0.1, -0.05) is 49.4 Å². The Labute approximate surface area is 121 Å². The van der Waals surface area contributed by atoms with Gasteiger partial charge in [0.05, 0.1) is 6.61 Å². The Morgan fingerprint density at radius 1 is 1.20 bits per heavy atom. The van der Waals surface area contributed by atoms with Gasteiger partial charge in [0.1, 0.15) is 0 Å². The molecular formula is C18H23NO. The summed E-state index contributed by atoms with van der Waals surface area (Å²) in [6.07, 6.45) is 1.28. The molecular weight excluding hydrogens is 246 g/mol. The fourth-order valence-corrected chi connectivity index (χ4v) is 3.25. The second-order valence-electron chi connectivity index (χ2n) is 6.04. The van der Waals surface area contributed by atoms with Gasteiger partial charge in [0.2, 0.25) is 0 Å². The minimum absolute atomic E-state index is 0.334. The number of ether oxygens (including phenoxy) is 1. The van der Waals surface area contributed by atoms with E-state index in [0.29, 0.717) is 5.41 Å². The van der Waals surface area contributed by atoms with Crippen molar-refractivity contribution in [1.29, 1.82) is 0 Å². The second-order valence-corrected chi connectivity index (χ2v) is 6.04. The summed E-state index contributed by atoms with van der Waals surface area (Å²) in [6, 6.07) is 15.4. The quantitative estimate of drug-likeness (QED) is 0.812. The van der Waals surface area contributed by atoms with Crippen molar-refractivity contribution in [3.05, 3.63) is 48.0 Å². The summed E-state index contributed by atoms with van der Waals surface area (Å²) in [6.45, 7) is 5.22. The van der Waals surface area contributed by atoms with E-state index in [0.717, 1.165) is 25.6 Å². The zero-order valence-electron chi connectivity index (χ0n) is 12.4. The summed E-state index contributed by atoms with van der Waals surface area (Å²) in [7, 11) is 1.75. The molecule has 0 heterocycles. The van der Waals surface area contributed by atoms with E-state index < -0.39 is 0 Å². The van der Waals surface area contributed by atoms with Gasteiger partial charge in [-0.15, -0.1) is 0 Å². The van der Waals surface area contributed by atoms with Gasteiger partial charge in [-0.05, 0) is 40.6 Å². The molecule has 3 rings (SSSR count). The molecule has 2 aromatic carbocycles. The molecule has 1 saturated carbocycles. The van der Waals surface area contributed by atoms with E-state index in [1.165, 1.54) is 22.8 Å². The zero-order chi connectivity index (χ0) is 14.0. The van der Waals surface area contributed by atoms with Crippen LogP contribution in [0.4, 0.5) is 0 Å². The normalized spacial score (nSPS) is 25.0. The molecule has 2 heteroatoms. The third-order valence-electron chi connectivity index (χ3n) is 4.69. The Morgan fingerprint density at radius 2 is 2.00 bits per heavy atom. The summed E-state index contributed by atoms with van der Waals surface area (Å²) < 4.78 is 5.08. The minimum Gasteiger partial charge on any atom is -0.383 e. The van der Waals surface area contributed by atoms with Crippen LogP contribution in [0.2, 0.25) is 0 Å². The van der Waals surface area contributed by atoms with Crippen LogP contribution in [0, 0.1) is 5.92 Å². The molecule has 106 valence electrons. The van der Waals surface area contributed by atoms with Crippen molar-refractivity contribution in [3.8, 4) is 0 Å². The highest BCUT2D eigenvalue weighted by Crippen LogP contribution is 2.55. The van der Waals surface area contributed by atoms with Crippen molar-refractivity contribution >= 4 is 10.8 Å². The predicted molar refractivity (Wildman–Crippen MR) is 84.2 cm³/mol. The third kappa shape index (κ3) is 2.46. The smallest absolute Gasteiger partial charge is 0.0587 e. The number of fused-ring (bicyclic) bond motifs is 1. The predicted octanol–water partition coefficient (Wildman–Crippen LogP) is 3.35. The molecule has 2 aromatic rings. The van der Waals surface area contributed by atoms with Gasteiger partial charge in [0.15, 0.2) is 0 Å². The molecule has 1 fully saturated rings. The molecule has 2 unspecified atom stereocenters. The lowest BCUT2D eigenvalue weighted by atomic mass is 9.90. The lowest BCUT2D eigenvalue weighted by Gasteiger charge is -2.15. The number of benzene rings is 2. The number of methoxy groups -OCH3 is 1. The highest BCUT2D eigenvalue weighted by atomic mass is 16.5. The number of hydrogen-bond acceptors (Lipinski definition) is 2. The third-order valence-corrected chi connectivity index (χ3v) is 4.69. The van der Waals surface area contributed by atoms with E-state index in [-0.39, 0.29) is 0 Å². The minimum atomic E-state index is 0.334. The molecule has 0 aromatic heterocycles. The van der Waals surface area contributed by atoms with Crippen molar-refractivity contribution in [2.45, 2.75) is 18.8 Å². The summed E-state index contributed by atoms with van der Waals surface area (Å²) in [4.78, 5) is 0. The number of nitrogens with one attached hydrogen (secondary N) is 1. The van der Waals surface area contributed by atoms with Gasteiger partial charge < -0.3 is 10.1 Å². The topological polar surface area (TPSA) is 21.3 Å². The molecule has 1 aliphatic carbocycles. The molecule has 0 amide bonds. The first-order chi connectivity index (χ1) is 9.75. The SMILES string of the molecule is COCCNCC1CC1(C)c1cccc2ccccc12. The van der Waals surface area contributed by atoms with Crippen molar-refractivity contribution in [3.63, 3.8) is 0 Å². The number of rotatable bonds is 6. The summed E-state index contributed by atoms with van der Waals surface area (Å²) in [5.41, 5.74) is 1.84. The van der Waals surface area contributed by atoms with E-state index in [9.17, 15) is 0 Å². The Bertz CT molecular complexity index is 589. The van der Waals surface area contributed by atoms with Crippen molar-refractivity contribution in [1.82, 2.24) is 5.32 Å². The first kappa shape index (κ1) is 13.6. The molecule has 0 aliphatic heterocycles. The van der Waals surface area contributed by atoms with E-state index in [4.69, 9.17) is 4.74 Å². The lowest BCUT2D eigenvalue weighted by Crippen LogP contribution is -2.24. The van der Waals surface area contributed by atoms with Crippen LogP contribution in [0.15, 0.2) is 42.5 Å². The van der Waals surface area contributed by atoms with Crippen LogP contribution in [0.1, 0.15) is 18.9 Å². The van der Waals surface area contributed by atoms with Crippen LogP contribution < -0.4 is 5.32 Å². The molecule has 20 heavy (non-hydrogen) atoms. The fourth-order valence-electron chi connectivity index (χ4n) is 3.25. The van der Waals surface area contributed by atoms with Crippen molar-refractivity contribution < 1.29 is 4.74 Å². The Kier molecular flexibility index (Phi) is 3.77. The van der Waals surface area contributed by atoms with Gasteiger partial charge >= 0.3 is 0 Å². The molecule has 0 saturated heterocycles. The molecule has 0 radical (unpaired) electrons. The highest BCUT2D eigenvalue weighted by molar-refractivity contribution is 5.87. The molecule has 1 N–H and O–H groups in total. The molecule has 2 atom stereocenters. The maximum atomic E-state index is 5.08. The summed E-state index contributed by atoms with van der Waals surface area (Å²) in [5.74, 6) is 0.741. The van der Waals surface area contributed by atoms with Gasteiger partial charge in [-0.25, -0.2) is 0 Å². The summed E-state index contributed by atoms with van der Waals surface area (Å²) >= 11 is 0. The summed E-state index contributed by atoms with van der Waals surface area (Å²) in [5, 5.41) is 6.26. The Hall–Kier alpha value is -1.38. The van der Waals surface area contributed by atoms with E-state index in [1.807, 2.05) is 0 Å². The Balaban J connectivity index is 1.75. The van der Waals surface area contributed by atoms with Crippen LogP contribution in [-0.2, 0) is 10.2 Å². The fraction of sp³-hybridized carbons (Fsp3) is 0.444. The van der Waals surface area contributed by atoms with Gasteiger partial charge in [-0.2, -0.15) is 0 Å². The monoisotopic (exact) mass is 269 g/mol. The Morgan fingerprint density at radius 3 is 2.85 bits per heavy atom. The standard InChI is InChI=1S/C18H23NO/c1-18(12-15(18)13-19-10-11-20-2)17-9-5-7-14-6-3-4-8-16(14)17/h3-9,15,19H,10-13H2,1-2H3. The van der Waals surface area contributed by atoms with Crippen LogP contribution in [0.5, 0.6) is 0 Å². The molecule has 1 aliphatic rings. The van der Waals surface area contributed by atoms with Crippen molar-refractivity contribution in [2.24, 2.45) is 5.92 Å².